The minimum Gasteiger partial charge on any atom is -0.335 e. The molecule has 1 heterocycles. The van der Waals surface area contributed by atoms with Crippen LogP contribution < -0.4 is 5.43 Å². The van der Waals surface area contributed by atoms with Gasteiger partial charge < -0.3 is 4.57 Å². The van der Waals surface area contributed by atoms with E-state index in [0.717, 1.165) is 33.3 Å². The molecule has 5 aromatic rings. The monoisotopic (exact) mass is 387 g/mol. The Labute approximate surface area is 175 Å². The van der Waals surface area contributed by atoms with Crippen LogP contribution in [0.3, 0.4) is 0 Å². The molecule has 0 aliphatic carbocycles. The van der Waals surface area contributed by atoms with Gasteiger partial charge in [0, 0.05) is 11.9 Å². The molecule has 0 radical (unpaired) electrons. The second-order valence-corrected chi connectivity index (χ2v) is 7.37. The maximum absolute atomic E-state index is 13.7. The molecule has 0 unspecified atom stereocenters. The predicted molar refractivity (Wildman–Crippen MR) is 125 cm³/mol. The summed E-state index contributed by atoms with van der Waals surface area (Å²) in [5.41, 5.74) is 5.89. The van der Waals surface area contributed by atoms with E-state index in [1.165, 1.54) is 5.56 Å². The van der Waals surface area contributed by atoms with Crippen LogP contribution in [-0.4, -0.2) is 4.57 Å². The van der Waals surface area contributed by atoms with Gasteiger partial charge in [-0.15, -0.1) is 0 Å². The summed E-state index contributed by atoms with van der Waals surface area (Å²) in [5.74, 6) is 0. The molecule has 0 amide bonds. The van der Waals surface area contributed by atoms with Crippen molar-refractivity contribution in [3.05, 3.63) is 131 Å². The molecule has 0 N–H and O–H groups in total. The lowest BCUT2D eigenvalue weighted by molar-refractivity contribution is 0.836. The van der Waals surface area contributed by atoms with Crippen LogP contribution in [0.25, 0.3) is 33.3 Å². The molecule has 0 saturated carbocycles. The molecule has 0 aliphatic heterocycles. The van der Waals surface area contributed by atoms with Crippen molar-refractivity contribution in [2.45, 2.75) is 6.54 Å². The summed E-state index contributed by atoms with van der Waals surface area (Å²) in [7, 11) is 0. The molecule has 0 atom stereocenters. The third-order valence-corrected chi connectivity index (χ3v) is 5.47. The molecule has 0 bridgehead atoms. The van der Waals surface area contributed by atoms with Crippen molar-refractivity contribution in [1.29, 1.82) is 0 Å². The van der Waals surface area contributed by atoms with E-state index in [1.54, 1.807) is 0 Å². The highest BCUT2D eigenvalue weighted by Crippen LogP contribution is 2.33. The van der Waals surface area contributed by atoms with Gasteiger partial charge >= 0.3 is 0 Å². The number of para-hydroxylation sites is 1. The van der Waals surface area contributed by atoms with Gasteiger partial charge in [-0.2, -0.15) is 0 Å². The maximum atomic E-state index is 13.7. The molecule has 144 valence electrons. The predicted octanol–water partition coefficient (Wildman–Crippen LogP) is 6.38. The van der Waals surface area contributed by atoms with E-state index in [2.05, 4.69) is 41.0 Å². The fourth-order valence-corrected chi connectivity index (χ4v) is 4.10. The van der Waals surface area contributed by atoms with Gasteiger partial charge in [0.1, 0.15) is 0 Å². The molecule has 1 aromatic heterocycles. The average Bonchev–Trinajstić information content (AvgIpc) is 2.82. The third-order valence-electron chi connectivity index (χ3n) is 5.47. The van der Waals surface area contributed by atoms with Crippen LogP contribution in [0.4, 0.5) is 0 Å². The Bertz CT molecular complexity index is 1350. The number of rotatable bonds is 4. The first-order valence-electron chi connectivity index (χ1n) is 10.1. The molecular formula is C28H21NO. The zero-order valence-corrected chi connectivity index (χ0v) is 16.5. The number of aromatic nitrogens is 1. The first-order valence-corrected chi connectivity index (χ1v) is 10.1. The molecule has 4 aromatic carbocycles. The lowest BCUT2D eigenvalue weighted by Crippen LogP contribution is -2.16. The van der Waals surface area contributed by atoms with Crippen LogP contribution in [0.15, 0.2) is 120 Å². The molecular weight excluding hydrogens is 366 g/mol. The number of hydrogen-bond acceptors (Lipinski definition) is 1. The highest BCUT2D eigenvalue weighted by Gasteiger charge is 2.19. The molecule has 2 nitrogen and oxygen atoms in total. The van der Waals surface area contributed by atoms with Gasteiger partial charge in [-0.3, -0.25) is 4.79 Å². The molecule has 30 heavy (non-hydrogen) atoms. The van der Waals surface area contributed by atoms with E-state index in [9.17, 15) is 4.79 Å². The van der Waals surface area contributed by atoms with Crippen molar-refractivity contribution < 1.29 is 0 Å². The van der Waals surface area contributed by atoms with Crippen molar-refractivity contribution in [3.8, 4) is 22.4 Å². The van der Waals surface area contributed by atoms with Crippen LogP contribution in [-0.2, 0) is 6.54 Å². The van der Waals surface area contributed by atoms with E-state index >= 15 is 0 Å². The molecule has 0 spiro atoms. The van der Waals surface area contributed by atoms with Gasteiger partial charge in [0.15, 0.2) is 5.43 Å². The summed E-state index contributed by atoms with van der Waals surface area (Å²) in [5, 5.41) is 0.743. The Morgan fingerprint density at radius 2 is 1.10 bits per heavy atom. The quantitative estimate of drug-likeness (QED) is 0.350. The van der Waals surface area contributed by atoms with Crippen LogP contribution in [0.2, 0.25) is 0 Å². The molecule has 0 fully saturated rings. The van der Waals surface area contributed by atoms with E-state index < -0.39 is 0 Å². The van der Waals surface area contributed by atoms with Gasteiger partial charge in [0.25, 0.3) is 0 Å². The summed E-state index contributed by atoms with van der Waals surface area (Å²) in [6, 6.07) is 38.5. The first-order chi connectivity index (χ1) is 14.8. The van der Waals surface area contributed by atoms with E-state index in [0.29, 0.717) is 6.54 Å². The largest absolute Gasteiger partial charge is 0.335 e. The lowest BCUT2D eigenvalue weighted by Gasteiger charge is -2.21. The Morgan fingerprint density at radius 3 is 1.77 bits per heavy atom. The Kier molecular flexibility index (Phi) is 4.74. The fraction of sp³-hybridized carbons (Fsp3) is 0.0357. The number of fused-ring (bicyclic) bond motifs is 1. The molecule has 5 rings (SSSR count). The molecule has 0 saturated heterocycles. The van der Waals surface area contributed by atoms with Crippen LogP contribution in [0.1, 0.15) is 5.56 Å². The Hall–Kier alpha value is -3.91. The topological polar surface area (TPSA) is 22.0 Å². The summed E-state index contributed by atoms with van der Waals surface area (Å²) >= 11 is 0. The number of hydrogen-bond donors (Lipinski definition) is 0. The van der Waals surface area contributed by atoms with Crippen LogP contribution >= 0.6 is 0 Å². The van der Waals surface area contributed by atoms with Gasteiger partial charge in [-0.25, -0.2) is 0 Å². The van der Waals surface area contributed by atoms with Crippen molar-refractivity contribution in [2.75, 3.05) is 0 Å². The maximum Gasteiger partial charge on any atom is 0.197 e. The minimum atomic E-state index is 0.0694. The van der Waals surface area contributed by atoms with Crippen molar-refractivity contribution in [3.63, 3.8) is 0 Å². The third kappa shape index (κ3) is 3.23. The van der Waals surface area contributed by atoms with Crippen LogP contribution in [0.5, 0.6) is 0 Å². The minimum absolute atomic E-state index is 0.0694. The number of pyridine rings is 1. The summed E-state index contributed by atoms with van der Waals surface area (Å²) < 4.78 is 2.28. The van der Waals surface area contributed by atoms with Gasteiger partial charge in [-0.05, 0) is 28.8 Å². The highest BCUT2D eigenvalue weighted by molar-refractivity contribution is 5.92. The number of benzene rings is 4. The van der Waals surface area contributed by atoms with Gasteiger partial charge in [0.05, 0.1) is 16.8 Å². The standard InChI is InChI=1S/C28H21NO/c30-28-24-18-10-11-19-25(24)29(20-21-12-4-1-5-13-21)27(23-16-8-3-9-17-23)26(28)22-14-6-2-7-15-22/h1-19H,20H2. The number of nitrogens with zero attached hydrogens (tertiary/aromatic N) is 1. The summed E-state index contributed by atoms with van der Waals surface area (Å²) in [6.07, 6.45) is 0. The lowest BCUT2D eigenvalue weighted by atomic mass is 9.95. The van der Waals surface area contributed by atoms with Crippen molar-refractivity contribution in [2.24, 2.45) is 0 Å². The molecule has 0 aliphatic rings. The molecule has 2 heteroatoms. The first kappa shape index (κ1) is 18.1. The van der Waals surface area contributed by atoms with Gasteiger partial charge in [-0.1, -0.05) is 103 Å². The smallest absolute Gasteiger partial charge is 0.197 e. The van der Waals surface area contributed by atoms with Crippen molar-refractivity contribution >= 4 is 10.9 Å². The average molecular weight is 387 g/mol. The second kappa shape index (κ2) is 7.84. The highest BCUT2D eigenvalue weighted by atomic mass is 16.1. The van der Waals surface area contributed by atoms with E-state index in [4.69, 9.17) is 0 Å². The van der Waals surface area contributed by atoms with Gasteiger partial charge in [0.2, 0.25) is 0 Å². The Morgan fingerprint density at radius 1 is 0.567 bits per heavy atom. The normalized spacial score (nSPS) is 10.9. The van der Waals surface area contributed by atoms with E-state index in [-0.39, 0.29) is 5.43 Å². The summed E-state index contributed by atoms with van der Waals surface area (Å²) in [4.78, 5) is 13.7. The second-order valence-electron chi connectivity index (χ2n) is 7.37. The zero-order valence-electron chi connectivity index (χ0n) is 16.5. The SMILES string of the molecule is O=c1c(-c2ccccc2)c(-c2ccccc2)n(Cc2ccccc2)c2ccccc12. The van der Waals surface area contributed by atoms with Crippen LogP contribution in [0, 0.1) is 0 Å². The summed E-state index contributed by atoms with van der Waals surface area (Å²) in [6.45, 7) is 0.686. The Balaban J connectivity index is 1.93. The fourth-order valence-electron chi connectivity index (χ4n) is 4.10. The van der Waals surface area contributed by atoms with E-state index in [1.807, 2.05) is 78.9 Å². The zero-order chi connectivity index (χ0) is 20.3. The van der Waals surface area contributed by atoms with Crippen molar-refractivity contribution in [1.82, 2.24) is 4.57 Å².